The number of aromatic nitrogens is 4. The highest BCUT2D eigenvalue weighted by molar-refractivity contribution is 5.55. The Morgan fingerprint density at radius 2 is 1.83 bits per heavy atom. The molecule has 2 N–H and O–H groups in total. The summed E-state index contributed by atoms with van der Waals surface area (Å²) in [5, 5.41) is 12.4. The second-order valence-electron chi connectivity index (χ2n) is 2.27. The van der Waals surface area contributed by atoms with Crippen molar-refractivity contribution in [3.05, 3.63) is 34.9 Å². The molecule has 5 heteroatoms. The zero-order valence-corrected chi connectivity index (χ0v) is 6.11. The van der Waals surface area contributed by atoms with Gasteiger partial charge in [-0.2, -0.15) is 10.2 Å². The van der Waals surface area contributed by atoms with E-state index in [1.54, 1.807) is 18.3 Å². The van der Waals surface area contributed by atoms with E-state index >= 15 is 0 Å². The summed E-state index contributed by atoms with van der Waals surface area (Å²) in [6.45, 7) is 0. The van der Waals surface area contributed by atoms with Crippen LogP contribution in [0.5, 0.6) is 0 Å². The maximum Gasteiger partial charge on any atom is 0.273 e. The van der Waals surface area contributed by atoms with E-state index in [1.165, 1.54) is 6.20 Å². The third-order valence-corrected chi connectivity index (χ3v) is 1.52. The highest BCUT2D eigenvalue weighted by Crippen LogP contribution is 2.07. The number of hydrogen-bond donors (Lipinski definition) is 2. The van der Waals surface area contributed by atoms with Gasteiger partial charge in [-0.15, -0.1) is 0 Å². The van der Waals surface area contributed by atoms with Gasteiger partial charge >= 0.3 is 0 Å². The summed E-state index contributed by atoms with van der Waals surface area (Å²) in [5.74, 6) is 0. The number of rotatable bonds is 1. The Hall–Kier alpha value is -1.91. The van der Waals surface area contributed by atoms with Gasteiger partial charge in [-0.25, -0.2) is 5.10 Å². The van der Waals surface area contributed by atoms with E-state index in [4.69, 9.17) is 0 Å². The molecule has 60 valence electrons. The fourth-order valence-corrected chi connectivity index (χ4v) is 0.962. The van der Waals surface area contributed by atoms with Crippen molar-refractivity contribution in [2.24, 2.45) is 0 Å². The lowest BCUT2D eigenvalue weighted by molar-refractivity contribution is 0.985. The average molecular weight is 162 g/mol. The van der Waals surface area contributed by atoms with Gasteiger partial charge in [-0.05, 0) is 12.1 Å². The molecule has 2 rings (SSSR count). The van der Waals surface area contributed by atoms with Crippen molar-refractivity contribution < 1.29 is 0 Å². The summed E-state index contributed by atoms with van der Waals surface area (Å²) in [5.41, 5.74) is 1.02. The molecule has 0 radical (unpaired) electrons. The van der Waals surface area contributed by atoms with Gasteiger partial charge in [0.15, 0.2) is 0 Å². The van der Waals surface area contributed by atoms with Crippen molar-refractivity contribution in [2.75, 3.05) is 0 Å². The number of aromatic amines is 2. The molecule has 2 heterocycles. The van der Waals surface area contributed by atoms with Crippen molar-refractivity contribution in [1.29, 1.82) is 0 Å². The van der Waals surface area contributed by atoms with Gasteiger partial charge in [-0.3, -0.25) is 9.89 Å². The lowest BCUT2D eigenvalue weighted by atomic mass is 10.2. The van der Waals surface area contributed by atoms with E-state index < -0.39 is 0 Å². The first-order valence-corrected chi connectivity index (χ1v) is 3.41. The number of H-pyrrole nitrogens is 2. The molecular formula is C7H6N4O. The quantitative estimate of drug-likeness (QED) is 0.627. The number of nitrogens with zero attached hydrogens (tertiary/aromatic N) is 2. The van der Waals surface area contributed by atoms with Gasteiger partial charge in [0.2, 0.25) is 0 Å². The molecule has 0 saturated carbocycles. The van der Waals surface area contributed by atoms with Crippen LogP contribution in [0.2, 0.25) is 0 Å². The molecule has 0 atom stereocenters. The predicted octanol–water partition coefficient (Wildman–Crippen LogP) is 0.160. The maximum absolute atomic E-state index is 11.2. The van der Waals surface area contributed by atoms with E-state index in [0.717, 1.165) is 0 Å². The molecule has 2 aromatic rings. The van der Waals surface area contributed by atoms with Crippen LogP contribution in [0, 0.1) is 0 Å². The molecule has 0 spiro atoms. The summed E-state index contributed by atoms with van der Waals surface area (Å²) in [4.78, 5) is 11.2. The van der Waals surface area contributed by atoms with Crippen LogP contribution >= 0.6 is 0 Å². The minimum Gasteiger partial charge on any atom is -0.278 e. The molecule has 0 aromatic carbocycles. The lowest BCUT2D eigenvalue weighted by Crippen LogP contribution is -2.09. The van der Waals surface area contributed by atoms with Crippen molar-refractivity contribution >= 4 is 0 Å². The minimum absolute atomic E-state index is 0.221. The first kappa shape index (κ1) is 6.78. The SMILES string of the molecule is O=c1[nH]nccc1-c1ccn[nH]1. The molecule has 0 aliphatic rings. The van der Waals surface area contributed by atoms with Crippen LogP contribution in [0.25, 0.3) is 11.3 Å². The first-order valence-electron chi connectivity index (χ1n) is 3.41. The van der Waals surface area contributed by atoms with Gasteiger partial charge in [0.05, 0.1) is 11.3 Å². The van der Waals surface area contributed by atoms with Crippen LogP contribution in [0.4, 0.5) is 0 Å². The molecule has 5 nitrogen and oxygen atoms in total. The Morgan fingerprint density at radius 1 is 1.08 bits per heavy atom. The van der Waals surface area contributed by atoms with E-state index in [1.807, 2.05) is 0 Å². The summed E-state index contributed by atoms with van der Waals surface area (Å²) in [7, 11) is 0. The van der Waals surface area contributed by atoms with Crippen molar-refractivity contribution in [3.63, 3.8) is 0 Å². The Labute approximate surface area is 67.5 Å². The first-order chi connectivity index (χ1) is 5.88. The zero-order valence-electron chi connectivity index (χ0n) is 6.11. The Bertz CT molecular complexity index is 417. The fraction of sp³-hybridized carbons (Fsp3) is 0. The summed E-state index contributed by atoms with van der Waals surface area (Å²) in [6.07, 6.45) is 3.12. The van der Waals surface area contributed by atoms with Gasteiger partial charge in [0, 0.05) is 12.4 Å². The predicted molar refractivity (Wildman–Crippen MR) is 42.4 cm³/mol. The molecule has 0 saturated heterocycles. The monoisotopic (exact) mass is 162 g/mol. The van der Waals surface area contributed by atoms with Crippen LogP contribution in [0.3, 0.4) is 0 Å². The van der Waals surface area contributed by atoms with Crippen LogP contribution in [0.15, 0.2) is 29.3 Å². The summed E-state index contributed by atoms with van der Waals surface area (Å²) < 4.78 is 0. The van der Waals surface area contributed by atoms with Crippen LogP contribution in [-0.4, -0.2) is 20.4 Å². The molecule has 12 heavy (non-hydrogen) atoms. The van der Waals surface area contributed by atoms with Crippen LogP contribution < -0.4 is 5.56 Å². The number of nitrogens with one attached hydrogen (secondary N) is 2. The summed E-state index contributed by atoms with van der Waals surface area (Å²) >= 11 is 0. The molecule has 0 aliphatic carbocycles. The molecule has 0 bridgehead atoms. The topological polar surface area (TPSA) is 74.4 Å². The average Bonchev–Trinajstić information content (AvgIpc) is 2.57. The smallest absolute Gasteiger partial charge is 0.273 e. The van der Waals surface area contributed by atoms with E-state index in [0.29, 0.717) is 11.3 Å². The van der Waals surface area contributed by atoms with Crippen LogP contribution in [0.1, 0.15) is 0 Å². The zero-order chi connectivity index (χ0) is 8.39. The highest BCUT2D eigenvalue weighted by atomic mass is 16.1. The standard InChI is InChI=1S/C7H6N4O/c12-7-5(1-3-9-11-7)6-2-4-8-10-6/h1-4H,(H,8,10)(H,11,12). The second kappa shape index (κ2) is 2.61. The maximum atomic E-state index is 11.2. The van der Waals surface area contributed by atoms with Gasteiger partial charge in [0.25, 0.3) is 5.56 Å². The van der Waals surface area contributed by atoms with Crippen LogP contribution in [-0.2, 0) is 0 Å². The van der Waals surface area contributed by atoms with E-state index in [-0.39, 0.29) is 5.56 Å². The van der Waals surface area contributed by atoms with Gasteiger partial charge < -0.3 is 0 Å². The lowest BCUT2D eigenvalue weighted by Gasteiger charge is -1.92. The second-order valence-corrected chi connectivity index (χ2v) is 2.27. The molecular weight excluding hydrogens is 156 g/mol. The third-order valence-electron chi connectivity index (χ3n) is 1.52. The molecule has 0 unspecified atom stereocenters. The molecule has 0 aliphatic heterocycles. The normalized spacial score (nSPS) is 10.0. The number of hydrogen-bond acceptors (Lipinski definition) is 3. The van der Waals surface area contributed by atoms with Crippen molar-refractivity contribution in [2.45, 2.75) is 0 Å². The van der Waals surface area contributed by atoms with Gasteiger partial charge in [-0.1, -0.05) is 0 Å². The largest absolute Gasteiger partial charge is 0.278 e. The van der Waals surface area contributed by atoms with E-state index in [9.17, 15) is 4.79 Å². The minimum atomic E-state index is -0.221. The Morgan fingerprint density at radius 3 is 2.50 bits per heavy atom. The van der Waals surface area contributed by atoms with Crippen molar-refractivity contribution in [3.8, 4) is 11.3 Å². The van der Waals surface area contributed by atoms with E-state index in [2.05, 4.69) is 20.4 Å². The molecule has 2 aromatic heterocycles. The molecule has 0 amide bonds. The van der Waals surface area contributed by atoms with Gasteiger partial charge in [0.1, 0.15) is 0 Å². The molecule has 0 fully saturated rings. The fourth-order valence-electron chi connectivity index (χ4n) is 0.962. The Kier molecular flexibility index (Phi) is 1.48. The highest BCUT2D eigenvalue weighted by Gasteiger charge is 2.01. The summed E-state index contributed by atoms with van der Waals surface area (Å²) in [6, 6.07) is 3.36. The van der Waals surface area contributed by atoms with Crippen molar-refractivity contribution in [1.82, 2.24) is 20.4 Å². The Balaban J connectivity index is 2.63. The third kappa shape index (κ3) is 1.01.